The minimum Gasteiger partial charge on any atom is -0.378 e. The highest BCUT2D eigenvalue weighted by atomic mass is 16.5. The van der Waals surface area contributed by atoms with Crippen LogP contribution in [0.5, 0.6) is 0 Å². The first-order chi connectivity index (χ1) is 6.74. The van der Waals surface area contributed by atoms with Crippen molar-refractivity contribution in [2.75, 3.05) is 19.7 Å². The first kappa shape index (κ1) is 12.0. The highest BCUT2D eigenvalue weighted by Gasteiger charge is 2.21. The Bertz CT molecular complexity index is 149. The summed E-state index contributed by atoms with van der Waals surface area (Å²) in [5.41, 5.74) is 0. The van der Waals surface area contributed by atoms with Gasteiger partial charge >= 0.3 is 0 Å². The second-order valence-corrected chi connectivity index (χ2v) is 4.74. The molecular weight excluding hydrogens is 174 g/mol. The van der Waals surface area contributed by atoms with Gasteiger partial charge in [0.25, 0.3) is 0 Å². The summed E-state index contributed by atoms with van der Waals surface area (Å²) in [6.45, 7) is 9.99. The maximum Gasteiger partial charge on any atom is 0.0625 e. The van der Waals surface area contributed by atoms with Gasteiger partial charge in [-0.3, -0.25) is 0 Å². The molecule has 0 spiro atoms. The minimum absolute atomic E-state index is 0.496. The molecule has 0 bridgehead atoms. The average molecular weight is 199 g/mol. The smallest absolute Gasteiger partial charge is 0.0625 e. The molecule has 0 amide bonds. The molecule has 0 aliphatic carbocycles. The summed E-state index contributed by atoms with van der Waals surface area (Å²) in [7, 11) is 0. The fraction of sp³-hybridized carbons (Fsp3) is 1.00. The van der Waals surface area contributed by atoms with Crippen molar-refractivity contribution in [1.82, 2.24) is 5.32 Å². The fourth-order valence-electron chi connectivity index (χ4n) is 2.10. The van der Waals surface area contributed by atoms with Crippen LogP contribution in [0.4, 0.5) is 0 Å². The van der Waals surface area contributed by atoms with Crippen LogP contribution >= 0.6 is 0 Å². The van der Waals surface area contributed by atoms with E-state index in [0.717, 1.165) is 25.6 Å². The van der Waals surface area contributed by atoms with Crippen LogP contribution in [-0.2, 0) is 4.74 Å². The van der Waals surface area contributed by atoms with Crippen LogP contribution in [0.25, 0.3) is 0 Å². The van der Waals surface area contributed by atoms with Gasteiger partial charge < -0.3 is 10.1 Å². The molecule has 1 aliphatic heterocycles. The van der Waals surface area contributed by atoms with Gasteiger partial charge in [0.1, 0.15) is 0 Å². The van der Waals surface area contributed by atoms with Gasteiger partial charge in [0.15, 0.2) is 0 Å². The highest BCUT2D eigenvalue weighted by molar-refractivity contribution is 4.75. The van der Waals surface area contributed by atoms with Crippen LogP contribution in [0.1, 0.15) is 40.0 Å². The molecule has 1 aliphatic rings. The van der Waals surface area contributed by atoms with Crippen molar-refractivity contribution in [3.63, 3.8) is 0 Å². The van der Waals surface area contributed by atoms with Crippen molar-refractivity contribution in [3.05, 3.63) is 0 Å². The zero-order valence-corrected chi connectivity index (χ0v) is 9.88. The third-order valence-electron chi connectivity index (χ3n) is 3.08. The fourth-order valence-corrected chi connectivity index (χ4v) is 2.10. The van der Waals surface area contributed by atoms with E-state index in [9.17, 15) is 0 Å². The molecule has 1 rings (SSSR count). The highest BCUT2D eigenvalue weighted by Crippen LogP contribution is 2.16. The molecule has 2 nitrogen and oxygen atoms in total. The van der Waals surface area contributed by atoms with Gasteiger partial charge in [-0.1, -0.05) is 27.2 Å². The lowest BCUT2D eigenvalue weighted by molar-refractivity contribution is -0.0152. The molecule has 84 valence electrons. The standard InChI is InChI=1S/C12H25NO/c1-4-5-10(2)9-14-12-6-7-13-8-11(12)3/h10-13H,4-9H2,1-3H3. The van der Waals surface area contributed by atoms with Gasteiger partial charge in [0, 0.05) is 13.2 Å². The van der Waals surface area contributed by atoms with Gasteiger partial charge in [-0.15, -0.1) is 0 Å². The van der Waals surface area contributed by atoms with Crippen LogP contribution in [0, 0.1) is 11.8 Å². The predicted octanol–water partition coefficient (Wildman–Crippen LogP) is 2.44. The summed E-state index contributed by atoms with van der Waals surface area (Å²) in [5, 5.41) is 3.40. The lowest BCUT2D eigenvalue weighted by atomic mass is 9.98. The Morgan fingerprint density at radius 1 is 1.50 bits per heavy atom. The van der Waals surface area contributed by atoms with Crippen molar-refractivity contribution in [2.24, 2.45) is 11.8 Å². The number of rotatable bonds is 5. The van der Waals surface area contributed by atoms with Gasteiger partial charge in [-0.05, 0) is 31.2 Å². The van der Waals surface area contributed by atoms with Gasteiger partial charge in [-0.2, -0.15) is 0 Å². The maximum absolute atomic E-state index is 5.97. The quantitative estimate of drug-likeness (QED) is 0.734. The molecule has 1 fully saturated rings. The predicted molar refractivity (Wildman–Crippen MR) is 60.5 cm³/mol. The van der Waals surface area contributed by atoms with Gasteiger partial charge in [-0.25, -0.2) is 0 Å². The van der Waals surface area contributed by atoms with E-state index < -0.39 is 0 Å². The van der Waals surface area contributed by atoms with Gasteiger partial charge in [0.05, 0.1) is 6.10 Å². The Hall–Kier alpha value is -0.0800. The number of ether oxygens (including phenoxy) is 1. The number of hydrogen-bond donors (Lipinski definition) is 1. The van der Waals surface area contributed by atoms with Crippen LogP contribution < -0.4 is 5.32 Å². The lowest BCUT2D eigenvalue weighted by Gasteiger charge is -2.30. The van der Waals surface area contributed by atoms with E-state index >= 15 is 0 Å². The van der Waals surface area contributed by atoms with Crippen LogP contribution in [0.15, 0.2) is 0 Å². The average Bonchev–Trinajstić information content (AvgIpc) is 2.17. The van der Waals surface area contributed by atoms with Crippen molar-refractivity contribution >= 4 is 0 Å². The van der Waals surface area contributed by atoms with Crippen molar-refractivity contribution in [1.29, 1.82) is 0 Å². The normalized spacial score (nSPS) is 30.2. The zero-order chi connectivity index (χ0) is 10.4. The molecule has 0 radical (unpaired) electrons. The summed E-state index contributed by atoms with van der Waals surface area (Å²) in [6.07, 6.45) is 4.24. The topological polar surface area (TPSA) is 21.3 Å². The van der Waals surface area contributed by atoms with Crippen molar-refractivity contribution in [3.8, 4) is 0 Å². The molecule has 1 heterocycles. The molecule has 3 atom stereocenters. The lowest BCUT2D eigenvalue weighted by Crippen LogP contribution is -2.40. The summed E-state index contributed by atoms with van der Waals surface area (Å²) in [6, 6.07) is 0. The molecule has 0 aromatic heterocycles. The van der Waals surface area contributed by atoms with E-state index in [0.29, 0.717) is 12.0 Å². The van der Waals surface area contributed by atoms with Crippen LogP contribution in [-0.4, -0.2) is 25.8 Å². The van der Waals surface area contributed by atoms with E-state index in [2.05, 4.69) is 26.1 Å². The summed E-state index contributed by atoms with van der Waals surface area (Å²) in [5.74, 6) is 1.40. The Kier molecular flexibility index (Phi) is 5.49. The van der Waals surface area contributed by atoms with Crippen molar-refractivity contribution in [2.45, 2.75) is 46.1 Å². The Morgan fingerprint density at radius 3 is 2.93 bits per heavy atom. The molecule has 0 saturated carbocycles. The summed E-state index contributed by atoms with van der Waals surface area (Å²) in [4.78, 5) is 0. The van der Waals surface area contributed by atoms with E-state index in [1.807, 2.05) is 0 Å². The summed E-state index contributed by atoms with van der Waals surface area (Å²) >= 11 is 0. The van der Waals surface area contributed by atoms with Crippen LogP contribution in [0.3, 0.4) is 0 Å². The number of nitrogens with one attached hydrogen (secondary N) is 1. The molecule has 14 heavy (non-hydrogen) atoms. The SMILES string of the molecule is CCCC(C)COC1CCNCC1C. The largest absolute Gasteiger partial charge is 0.378 e. The number of piperidine rings is 1. The van der Waals surface area contributed by atoms with E-state index in [1.165, 1.54) is 19.3 Å². The van der Waals surface area contributed by atoms with E-state index in [1.54, 1.807) is 0 Å². The molecular formula is C12H25NO. The number of hydrogen-bond acceptors (Lipinski definition) is 2. The molecule has 0 aromatic carbocycles. The molecule has 1 N–H and O–H groups in total. The van der Waals surface area contributed by atoms with E-state index in [4.69, 9.17) is 4.74 Å². The third-order valence-corrected chi connectivity index (χ3v) is 3.08. The third kappa shape index (κ3) is 3.97. The second kappa shape index (κ2) is 6.41. The molecule has 3 unspecified atom stereocenters. The molecule has 1 saturated heterocycles. The zero-order valence-electron chi connectivity index (χ0n) is 9.88. The second-order valence-electron chi connectivity index (χ2n) is 4.74. The Morgan fingerprint density at radius 2 is 2.29 bits per heavy atom. The monoisotopic (exact) mass is 199 g/mol. The molecule has 2 heteroatoms. The molecule has 0 aromatic rings. The van der Waals surface area contributed by atoms with E-state index in [-0.39, 0.29) is 0 Å². The Labute approximate surface area is 88.4 Å². The Balaban J connectivity index is 2.15. The minimum atomic E-state index is 0.496. The van der Waals surface area contributed by atoms with Crippen molar-refractivity contribution < 1.29 is 4.74 Å². The van der Waals surface area contributed by atoms with Crippen LogP contribution in [0.2, 0.25) is 0 Å². The first-order valence-electron chi connectivity index (χ1n) is 6.06. The maximum atomic E-state index is 5.97. The first-order valence-corrected chi connectivity index (χ1v) is 6.06. The summed E-state index contributed by atoms with van der Waals surface area (Å²) < 4.78 is 5.97. The van der Waals surface area contributed by atoms with Gasteiger partial charge in [0.2, 0.25) is 0 Å².